The SMILES string of the molecule is COc1ccc(CCC2CCN(C(=O)c3ccc(Cl)c(S(=O)(=O)N4CCN(c5ccc(F)cc5)CC4)c3)CC2)cc1. The lowest BCUT2D eigenvalue weighted by Gasteiger charge is -2.35. The first-order valence-electron chi connectivity index (χ1n) is 14.0. The third-order valence-electron chi connectivity index (χ3n) is 8.13. The van der Waals surface area contributed by atoms with E-state index in [4.69, 9.17) is 16.3 Å². The molecule has 0 saturated carbocycles. The van der Waals surface area contributed by atoms with Gasteiger partial charge in [-0.2, -0.15) is 4.31 Å². The summed E-state index contributed by atoms with van der Waals surface area (Å²) in [5, 5.41) is 0.0970. The third-order valence-corrected chi connectivity index (χ3v) is 10.5. The number of halogens is 2. The van der Waals surface area contributed by atoms with E-state index in [-0.39, 0.29) is 34.7 Å². The number of benzene rings is 3. The number of carbonyl (C=O) groups is 1. The van der Waals surface area contributed by atoms with E-state index in [0.717, 1.165) is 37.1 Å². The van der Waals surface area contributed by atoms with Crippen LogP contribution in [0.3, 0.4) is 0 Å². The average Bonchev–Trinajstić information content (AvgIpc) is 3.01. The van der Waals surface area contributed by atoms with Gasteiger partial charge in [-0.1, -0.05) is 23.7 Å². The van der Waals surface area contributed by atoms with Gasteiger partial charge in [-0.25, -0.2) is 12.8 Å². The quantitative estimate of drug-likeness (QED) is 0.343. The molecule has 41 heavy (non-hydrogen) atoms. The first-order chi connectivity index (χ1) is 19.7. The Morgan fingerprint density at radius 1 is 0.927 bits per heavy atom. The zero-order chi connectivity index (χ0) is 29.0. The molecule has 0 bridgehead atoms. The molecule has 0 N–H and O–H groups in total. The summed E-state index contributed by atoms with van der Waals surface area (Å²) in [4.78, 5) is 17.2. The minimum Gasteiger partial charge on any atom is -0.497 e. The number of aryl methyl sites for hydroxylation is 1. The van der Waals surface area contributed by atoms with Gasteiger partial charge < -0.3 is 14.5 Å². The Morgan fingerprint density at radius 3 is 2.22 bits per heavy atom. The van der Waals surface area contributed by atoms with E-state index in [1.165, 1.54) is 34.1 Å². The van der Waals surface area contributed by atoms with Gasteiger partial charge in [0.1, 0.15) is 16.5 Å². The van der Waals surface area contributed by atoms with Gasteiger partial charge in [-0.3, -0.25) is 4.79 Å². The molecule has 0 aromatic heterocycles. The van der Waals surface area contributed by atoms with Crippen molar-refractivity contribution in [1.29, 1.82) is 0 Å². The highest BCUT2D eigenvalue weighted by Gasteiger charge is 2.32. The lowest BCUT2D eigenvalue weighted by molar-refractivity contribution is 0.0686. The van der Waals surface area contributed by atoms with Gasteiger partial charge in [-0.15, -0.1) is 0 Å². The Labute approximate surface area is 246 Å². The number of nitrogens with zero attached hydrogens (tertiary/aromatic N) is 3. The van der Waals surface area contributed by atoms with Crippen LogP contribution in [0.2, 0.25) is 5.02 Å². The number of sulfonamides is 1. The molecule has 2 fully saturated rings. The van der Waals surface area contributed by atoms with E-state index in [0.29, 0.717) is 37.7 Å². The first-order valence-corrected chi connectivity index (χ1v) is 15.8. The summed E-state index contributed by atoms with van der Waals surface area (Å²) in [5.74, 6) is 0.903. The molecule has 0 unspecified atom stereocenters. The molecule has 2 aliphatic heterocycles. The van der Waals surface area contributed by atoms with Crippen LogP contribution in [-0.2, 0) is 16.4 Å². The van der Waals surface area contributed by atoms with E-state index in [9.17, 15) is 17.6 Å². The molecule has 5 rings (SSSR count). The number of anilines is 1. The van der Waals surface area contributed by atoms with Crippen LogP contribution in [0.15, 0.2) is 71.6 Å². The Morgan fingerprint density at radius 2 is 1.59 bits per heavy atom. The van der Waals surface area contributed by atoms with Crippen LogP contribution in [0.5, 0.6) is 5.75 Å². The molecule has 1 amide bonds. The molecule has 0 spiro atoms. The lowest BCUT2D eigenvalue weighted by Crippen LogP contribution is -2.48. The van der Waals surface area contributed by atoms with Gasteiger partial charge in [-0.05, 0) is 91.8 Å². The van der Waals surface area contributed by atoms with Crippen LogP contribution >= 0.6 is 11.6 Å². The van der Waals surface area contributed by atoms with Crippen molar-refractivity contribution in [3.05, 3.63) is 88.7 Å². The normalized spacial score (nSPS) is 17.0. The maximum atomic E-state index is 13.6. The molecule has 7 nitrogen and oxygen atoms in total. The molecule has 0 radical (unpaired) electrons. The maximum Gasteiger partial charge on any atom is 0.253 e. The van der Waals surface area contributed by atoms with Crippen LogP contribution in [0.25, 0.3) is 0 Å². The molecule has 218 valence electrons. The highest BCUT2D eigenvalue weighted by molar-refractivity contribution is 7.89. The highest BCUT2D eigenvalue weighted by Crippen LogP contribution is 2.29. The maximum absolute atomic E-state index is 13.6. The van der Waals surface area contributed by atoms with Crippen molar-refractivity contribution in [2.24, 2.45) is 5.92 Å². The summed E-state index contributed by atoms with van der Waals surface area (Å²) in [7, 11) is -2.24. The van der Waals surface area contributed by atoms with Crippen molar-refractivity contribution in [3.63, 3.8) is 0 Å². The van der Waals surface area contributed by atoms with E-state index in [1.807, 2.05) is 21.9 Å². The molecule has 0 aliphatic carbocycles. The van der Waals surface area contributed by atoms with E-state index < -0.39 is 10.0 Å². The molecule has 3 aromatic carbocycles. The second-order valence-corrected chi connectivity index (χ2v) is 12.9. The number of ether oxygens (including phenoxy) is 1. The molecular formula is C31H35ClFN3O4S. The topological polar surface area (TPSA) is 70.2 Å². The van der Waals surface area contributed by atoms with E-state index >= 15 is 0 Å². The Balaban J connectivity index is 1.18. The number of hydrogen-bond donors (Lipinski definition) is 0. The summed E-state index contributed by atoms with van der Waals surface area (Å²) < 4.78 is 47.0. The van der Waals surface area contributed by atoms with Crippen LogP contribution in [-0.4, -0.2) is 69.9 Å². The van der Waals surface area contributed by atoms with Crippen molar-refractivity contribution < 1.29 is 22.3 Å². The Bertz CT molecular complexity index is 1450. The second-order valence-electron chi connectivity index (χ2n) is 10.6. The standard InChI is InChI=1S/C31H35ClFN3O4S/c1-40-28-11-4-23(5-12-28)2-3-24-14-16-35(17-15-24)31(37)25-6-13-29(32)30(22-25)41(38,39)36-20-18-34(19-21-36)27-9-7-26(33)8-10-27/h4-13,22,24H,2-3,14-21H2,1H3. The summed E-state index contributed by atoms with van der Waals surface area (Å²) >= 11 is 6.37. The average molecular weight is 600 g/mol. The summed E-state index contributed by atoms with van der Waals surface area (Å²) in [5.41, 5.74) is 2.45. The van der Waals surface area contributed by atoms with E-state index in [1.54, 1.807) is 25.3 Å². The molecular weight excluding hydrogens is 565 g/mol. The molecule has 3 aromatic rings. The van der Waals surface area contributed by atoms with Crippen LogP contribution in [0.1, 0.15) is 35.2 Å². The predicted molar refractivity (Wildman–Crippen MR) is 159 cm³/mol. The minimum absolute atomic E-state index is 0.0466. The Kier molecular flexibility index (Phi) is 9.16. The van der Waals surface area contributed by atoms with Gasteiger partial charge in [0, 0.05) is 50.5 Å². The molecule has 10 heteroatoms. The predicted octanol–water partition coefficient (Wildman–Crippen LogP) is 5.48. The number of carbonyl (C=O) groups excluding carboxylic acids is 1. The number of hydrogen-bond acceptors (Lipinski definition) is 5. The monoisotopic (exact) mass is 599 g/mol. The third kappa shape index (κ3) is 6.85. The van der Waals surface area contributed by atoms with Crippen LogP contribution in [0.4, 0.5) is 10.1 Å². The van der Waals surface area contributed by atoms with Gasteiger partial charge in [0.25, 0.3) is 5.91 Å². The van der Waals surface area contributed by atoms with Gasteiger partial charge in [0.15, 0.2) is 0 Å². The molecule has 2 heterocycles. The van der Waals surface area contributed by atoms with Gasteiger partial charge in [0.05, 0.1) is 12.1 Å². The second kappa shape index (κ2) is 12.8. The number of piperazine rings is 1. The van der Waals surface area contributed by atoms with Crippen molar-refractivity contribution in [1.82, 2.24) is 9.21 Å². The number of piperidine rings is 1. The fraction of sp³-hybridized carbons (Fsp3) is 0.387. The zero-order valence-electron chi connectivity index (χ0n) is 23.1. The van der Waals surface area contributed by atoms with Crippen molar-refractivity contribution in [3.8, 4) is 5.75 Å². The van der Waals surface area contributed by atoms with Gasteiger partial charge in [0.2, 0.25) is 10.0 Å². The van der Waals surface area contributed by atoms with E-state index in [2.05, 4.69) is 12.1 Å². The fourth-order valence-corrected chi connectivity index (χ4v) is 7.50. The summed E-state index contributed by atoms with van der Waals surface area (Å²) in [6, 6.07) is 18.8. The number of likely N-dealkylation sites (tertiary alicyclic amines) is 1. The zero-order valence-corrected chi connectivity index (χ0v) is 24.7. The number of methoxy groups -OCH3 is 1. The van der Waals surface area contributed by atoms with Crippen molar-refractivity contribution >= 4 is 33.2 Å². The molecule has 2 saturated heterocycles. The van der Waals surface area contributed by atoms with Crippen LogP contribution < -0.4 is 9.64 Å². The molecule has 0 atom stereocenters. The number of amides is 1. The highest BCUT2D eigenvalue weighted by atomic mass is 35.5. The summed E-state index contributed by atoms with van der Waals surface area (Å²) in [6.45, 7) is 2.74. The van der Waals surface area contributed by atoms with Crippen molar-refractivity contribution in [2.75, 3.05) is 51.3 Å². The van der Waals surface area contributed by atoms with Crippen LogP contribution in [0, 0.1) is 11.7 Å². The van der Waals surface area contributed by atoms with Gasteiger partial charge >= 0.3 is 0 Å². The number of rotatable bonds is 8. The molecule has 2 aliphatic rings. The largest absolute Gasteiger partial charge is 0.497 e. The Hall–Kier alpha value is -3.14. The smallest absolute Gasteiger partial charge is 0.253 e. The van der Waals surface area contributed by atoms with Crippen molar-refractivity contribution in [2.45, 2.75) is 30.6 Å². The minimum atomic E-state index is -3.90. The summed E-state index contributed by atoms with van der Waals surface area (Å²) in [6.07, 6.45) is 3.88. The first kappa shape index (κ1) is 29.4. The lowest BCUT2D eigenvalue weighted by atomic mass is 9.90. The fourth-order valence-electron chi connectivity index (χ4n) is 5.58.